The zero-order valence-electron chi connectivity index (χ0n) is 15.0. The molecule has 138 valence electrons. The molecule has 1 unspecified atom stereocenters. The number of rotatable bonds is 7. The Morgan fingerprint density at radius 1 is 1.28 bits per heavy atom. The zero-order valence-corrected chi connectivity index (χ0v) is 15.0. The number of hydrogen-bond donors (Lipinski definition) is 2. The van der Waals surface area contributed by atoms with E-state index < -0.39 is 5.97 Å². The first-order chi connectivity index (χ1) is 12.0. The fourth-order valence-corrected chi connectivity index (χ4v) is 3.14. The van der Waals surface area contributed by atoms with Crippen LogP contribution in [0.3, 0.4) is 0 Å². The molecule has 1 aliphatic rings. The van der Waals surface area contributed by atoms with Gasteiger partial charge in [0.2, 0.25) is 0 Å². The number of methoxy groups -OCH3 is 1. The van der Waals surface area contributed by atoms with Gasteiger partial charge in [0.05, 0.1) is 19.1 Å². The number of nitrogens with zero attached hydrogens (tertiary/aromatic N) is 1. The number of likely N-dealkylation sites (tertiary alicyclic amines) is 1. The lowest BCUT2D eigenvalue weighted by molar-refractivity contribution is -0.143. The van der Waals surface area contributed by atoms with Gasteiger partial charge in [-0.3, -0.25) is 4.79 Å². The minimum absolute atomic E-state index is 0.0458. The molecule has 0 spiro atoms. The van der Waals surface area contributed by atoms with Crippen molar-refractivity contribution in [2.45, 2.75) is 45.1 Å². The van der Waals surface area contributed by atoms with Crippen molar-refractivity contribution >= 4 is 12.0 Å². The first kappa shape index (κ1) is 19.1. The molecule has 1 atom stereocenters. The van der Waals surface area contributed by atoms with Crippen LogP contribution in [-0.2, 0) is 4.79 Å². The van der Waals surface area contributed by atoms with Crippen molar-refractivity contribution in [3.8, 4) is 5.75 Å². The molecule has 0 bridgehead atoms. The Kier molecular flexibility index (Phi) is 7.10. The summed E-state index contributed by atoms with van der Waals surface area (Å²) >= 11 is 0. The molecule has 0 radical (unpaired) electrons. The monoisotopic (exact) mass is 348 g/mol. The molecule has 0 aliphatic carbocycles. The van der Waals surface area contributed by atoms with E-state index in [1.165, 1.54) is 0 Å². The summed E-state index contributed by atoms with van der Waals surface area (Å²) in [6.45, 7) is 3.11. The van der Waals surface area contributed by atoms with Crippen LogP contribution in [0.1, 0.15) is 50.6 Å². The minimum atomic E-state index is -0.765. The van der Waals surface area contributed by atoms with Gasteiger partial charge in [0.1, 0.15) is 5.75 Å². The summed E-state index contributed by atoms with van der Waals surface area (Å²) in [5.74, 6) is -0.305. The average molecular weight is 348 g/mol. The van der Waals surface area contributed by atoms with Gasteiger partial charge < -0.3 is 20.1 Å². The topological polar surface area (TPSA) is 78.9 Å². The predicted octanol–water partition coefficient (Wildman–Crippen LogP) is 3.43. The van der Waals surface area contributed by atoms with Crippen LogP contribution in [0, 0.1) is 5.92 Å². The maximum Gasteiger partial charge on any atom is 0.317 e. The van der Waals surface area contributed by atoms with E-state index in [1.54, 1.807) is 12.0 Å². The van der Waals surface area contributed by atoms with Gasteiger partial charge in [-0.05, 0) is 37.0 Å². The summed E-state index contributed by atoms with van der Waals surface area (Å²) in [6.07, 6.45) is 4.00. The Labute approximate surface area is 149 Å². The lowest BCUT2D eigenvalue weighted by Gasteiger charge is -2.32. The summed E-state index contributed by atoms with van der Waals surface area (Å²) in [5.41, 5.74) is 1.06. The number of carbonyl (C=O) groups is 2. The molecular formula is C19H28N2O4. The molecule has 1 aromatic carbocycles. The third kappa shape index (κ3) is 5.37. The summed E-state index contributed by atoms with van der Waals surface area (Å²) < 4.78 is 5.19. The molecule has 0 aromatic heterocycles. The smallest absolute Gasteiger partial charge is 0.317 e. The highest BCUT2D eigenvalue weighted by Gasteiger charge is 2.28. The van der Waals surface area contributed by atoms with E-state index in [0.29, 0.717) is 25.9 Å². The van der Waals surface area contributed by atoms with E-state index in [9.17, 15) is 9.59 Å². The molecule has 1 fully saturated rings. The number of benzene rings is 1. The van der Waals surface area contributed by atoms with Gasteiger partial charge in [-0.25, -0.2) is 4.79 Å². The Hall–Kier alpha value is -2.24. The SMILES string of the molecule is CCCCC(NC(=O)N1CCC(C(=O)O)CC1)c1ccc(OC)cc1. The number of aliphatic carboxylic acids is 1. The van der Waals surface area contributed by atoms with Crippen molar-refractivity contribution < 1.29 is 19.4 Å². The van der Waals surface area contributed by atoms with Crippen molar-refractivity contribution in [3.05, 3.63) is 29.8 Å². The molecule has 1 saturated heterocycles. The van der Waals surface area contributed by atoms with Crippen LogP contribution in [0.25, 0.3) is 0 Å². The molecule has 2 amide bonds. The van der Waals surface area contributed by atoms with E-state index in [2.05, 4.69) is 12.2 Å². The van der Waals surface area contributed by atoms with Crippen molar-refractivity contribution in [1.82, 2.24) is 10.2 Å². The fourth-order valence-electron chi connectivity index (χ4n) is 3.14. The van der Waals surface area contributed by atoms with Gasteiger partial charge in [-0.15, -0.1) is 0 Å². The quantitative estimate of drug-likeness (QED) is 0.791. The molecule has 6 nitrogen and oxygen atoms in total. The van der Waals surface area contributed by atoms with Gasteiger partial charge >= 0.3 is 12.0 Å². The number of carboxylic acid groups (broad SMARTS) is 1. The second-order valence-corrected chi connectivity index (χ2v) is 6.52. The first-order valence-corrected chi connectivity index (χ1v) is 8.97. The van der Waals surface area contributed by atoms with Gasteiger partial charge in [-0.1, -0.05) is 31.9 Å². The van der Waals surface area contributed by atoms with E-state index in [1.807, 2.05) is 24.3 Å². The summed E-state index contributed by atoms with van der Waals surface area (Å²) in [6, 6.07) is 7.61. The van der Waals surface area contributed by atoms with Crippen molar-refractivity contribution in [2.24, 2.45) is 5.92 Å². The highest BCUT2D eigenvalue weighted by atomic mass is 16.5. The van der Waals surface area contributed by atoms with Crippen LogP contribution in [0.4, 0.5) is 4.79 Å². The number of unbranched alkanes of at least 4 members (excludes halogenated alkanes) is 1. The average Bonchev–Trinajstić information content (AvgIpc) is 2.65. The third-order valence-electron chi connectivity index (χ3n) is 4.79. The normalized spacial score (nSPS) is 16.3. The standard InChI is InChI=1S/C19H28N2O4/c1-3-4-5-17(14-6-8-16(25-2)9-7-14)20-19(24)21-12-10-15(11-13-21)18(22)23/h6-9,15,17H,3-5,10-13H2,1-2H3,(H,20,24)(H,22,23). The molecule has 2 rings (SSSR count). The van der Waals surface area contributed by atoms with Crippen LogP contribution in [0.2, 0.25) is 0 Å². The second kappa shape index (κ2) is 9.30. The largest absolute Gasteiger partial charge is 0.497 e. The highest BCUT2D eigenvalue weighted by molar-refractivity contribution is 5.76. The van der Waals surface area contributed by atoms with Crippen LogP contribution in [0.5, 0.6) is 5.75 Å². The fraction of sp³-hybridized carbons (Fsp3) is 0.579. The number of carboxylic acids is 1. The summed E-state index contributed by atoms with van der Waals surface area (Å²) in [5, 5.41) is 12.2. The number of urea groups is 1. The zero-order chi connectivity index (χ0) is 18.2. The Bertz CT molecular complexity index is 565. The lowest BCUT2D eigenvalue weighted by Crippen LogP contribution is -2.46. The number of piperidine rings is 1. The molecule has 25 heavy (non-hydrogen) atoms. The van der Waals surface area contributed by atoms with Gasteiger partial charge in [0, 0.05) is 13.1 Å². The molecule has 1 aromatic rings. The minimum Gasteiger partial charge on any atom is -0.497 e. The maximum absolute atomic E-state index is 12.6. The van der Waals surface area contributed by atoms with Crippen LogP contribution >= 0.6 is 0 Å². The molecule has 1 heterocycles. The summed E-state index contributed by atoms with van der Waals surface area (Å²) in [7, 11) is 1.63. The van der Waals surface area contributed by atoms with Crippen molar-refractivity contribution in [2.75, 3.05) is 20.2 Å². The second-order valence-electron chi connectivity index (χ2n) is 6.52. The Balaban J connectivity index is 1.98. The van der Waals surface area contributed by atoms with Gasteiger partial charge in [0.25, 0.3) is 0 Å². The molecular weight excluding hydrogens is 320 g/mol. The van der Waals surface area contributed by atoms with E-state index >= 15 is 0 Å². The van der Waals surface area contributed by atoms with Crippen LogP contribution in [0.15, 0.2) is 24.3 Å². The lowest BCUT2D eigenvalue weighted by atomic mass is 9.97. The van der Waals surface area contributed by atoms with Crippen molar-refractivity contribution in [3.63, 3.8) is 0 Å². The number of ether oxygens (including phenoxy) is 1. The van der Waals surface area contributed by atoms with Gasteiger partial charge in [-0.2, -0.15) is 0 Å². The predicted molar refractivity (Wildman–Crippen MR) is 95.7 cm³/mol. The van der Waals surface area contributed by atoms with E-state index in [4.69, 9.17) is 9.84 Å². The van der Waals surface area contributed by atoms with E-state index in [-0.39, 0.29) is 18.0 Å². The number of amides is 2. The molecule has 2 N–H and O–H groups in total. The molecule has 6 heteroatoms. The third-order valence-corrected chi connectivity index (χ3v) is 4.79. The van der Waals surface area contributed by atoms with Crippen molar-refractivity contribution in [1.29, 1.82) is 0 Å². The number of carbonyl (C=O) groups excluding carboxylic acids is 1. The molecule has 1 aliphatic heterocycles. The maximum atomic E-state index is 12.6. The summed E-state index contributed by atoms with van der Waals surface area (Å²) in [4.78, 5) is 25.3. The Morgan fingerprint density at radius 3 is 2.44 bits per heavy atom. The van der Waals surface area contributed by atoms with Crippen LogP contribution < -0.4 is 10.1 Å². The molecule has 0 saturated carbocycles. The number of nitrogens with one attached hydrogen (secondary N) is 1. The highest BCUT2D eigenvalue weighted by Crippen LogP contribution is 2.23. The van der Waals surface area contributed by atoms with E-state index in [0.717, 1.165) is 30.6 Å². The number of hydrogen-bond acceptors (Lipinski definition) is 3. The Morgan fingerprint density at radius 2 is 1.92 bits per heavy atom. The van der Waals surface area contributed by atoms with Crippen LogP contribution in [-0.4, -0.2) is 42.2 Å². The van der Waals surface area contributed by atoms with Gasteiger partial charge in [0.15, 0.2) is 0 Å². The first-order valence-electron chi connectivity index (χ1n) is 8.97.